The minimum absolute atomic E-state index is 0.167. The zero-order valence-electron chi connectivity index (χ0n) is 12.3. The Morgan fingerprint density at radius 3 is 2.74 bits per heavy atom. The van der Waals surface area contributed by atoms with E-state index >= 15 is 0 Å². The fourth-order valence-corrected chi connectivity index (χ4v) is 3.45. The molecule has 0 radical (unpaired) electrons. The molecule has 0 aromatic carbocycles. The van der Waals surface area contributed by atoms with Crippen molar-refractivity contribution < 1.29 is 9.90 Å². The maximum absolute atomic E-state index is 12.4. The molecule has 2 aliphatic rings. The van der Waals surface area contributed by atoms with Gasteiger partial charge in [-0.05, 0) is 45.1 Å². The number of amides is 1. The zero-order valence-corrected chi connectivity index (χ0v) is 12.3. The van der Waals surface area contributed by atoms with E-state index in [9.17, 15) is 9.90 Å². The van der Waals surface area contributed by atoms with Gasteiger partial charge >= 0.3 is 0 Å². The Morgan fingerprint density at radius 1 is 1.26 bits per heavy atom. The number of piperidine rings is 2. The van der Waals surface area contributed by atoms with E-state index in [1.807, 2.05) is 11.8 Å². The Morgan fingerprint density at radius 2 is 2.05 bits per heavy atom. The van der Waals surface area contributed by atoms with E-state index in [-0.39, 0.29) is 18.1 Å². The van der Waals surface area contributed by atoms with Gasteiger partial charge in [-0.25, -0.2) is 0 Å². The Kier molecular flexibility index (Phi) is 5.22. The van der Waals surface area contributed by atoms with Crippen LogP contribution in [0.5, 0.6) is 0 Å². The monoisotopic (exact) mass is 268 g/mol. The van der Waals surface area contributed by atoms with Crippen LogP contribution in [0.15, 0.2) is 0 Å². The van der Waals surface area contributed by atoms with E-state index in [1.165, 1.54) is 12.8 Å². The number of rotatable bonds is 3. The van der Waals surface area contributed by atoms with E-state index in [1.54, 1.807) is 0 Å². The van der Waals surface area contributed by atoms with Crippen molar-refractivity contribution in [1.82, 2.24) is 9.80 Å². The third-order valence-corrected chi connectivity index (χ3v) is 4.57. The van der Waals surface area contributed by atoms with Crippen LogP contribution in [0.25, 0.3) is 0 Å². The lowest BCUT2D eigenvalue weighted by Crippen LogP contribution is -2.51. The molecule has 3 atom stereocenters. The number of carbonyl (C=O) groups excluding carboxylic acids is 1. The highest BCUT2D eigenvalue weighted by atomic mass is 16.3. The van der Waals surface area contributed by atoms with Gasteiger partial charge in [0.05, 0.1) is 12.6 Å². The summed E-state index contributed by atoms with van der Waals surface area (Å²) in [5, 5.41) is 9.85. The van der Waals surface area contributed by atoms with Crippen molar-refractivity contribution in [2.24, 2.45) is 5.92 Å². The topological polar surface area (TPSA) is 43.8 Å². The van der Waals surface area contributed by atoms with Crippen molar-refractivity contribution in [2.45, 2.75) is 58.1 Å². The van der Waals surface area contributed by atoms with E-state index in [4.69, 9.17) is 0 Å². The highest BCUT2D eigenvalue weighted by Crippen LogP contribution is 2.21. The Balaban J connectivity index is 1.89. The van der Waals surface area contributed by atoms with E-state index in [2.05, 4.69) is 11.8 Å². The Labute approximate surface area is 116 Å². The van der Waals surface area contributed by atoms with Gasteiger partial charge in [-0.1, -0.05) is 13.3 Å². The molecular formula is C15H28N2O2. The van der Waals surface area contributed by atoms with Gasteiger partial charge in [0.25, 0.3) is 0 Å². The van der Waals surface area contributed by atoms with Crippen LogP contribution in [-0.2, 0) is 4.79 Å². The summed E-state index contributed by atoms with van der Waals surface area (Å²) in [6, 6.07) is 0.167. The predicted molar refractivity (Wildman–Crippen MR) is 75.9 cm³/mol. The first kappa shape index (κ1) is 14.8. The van der Waals surface area contributed by atoms with Crippen LogP contribution >= 0.6 is 0 Å². The normalized spacial score (nSPS) is 31.2. The second-order valence-electron chi connectivity index (χ2n) is 6.36. The molecule has 0 spiro atoms. The molecule has 2 fully saturated rings. The van der Waals surface area contributed by atoms with Crippen molar-refractivity contribution in [3.8, 4) is 0 Å². The molecule has 3 unspecified atom stereocenters. The minimum Gasteiger partial charge on any atom is -0.392 e. The summed E-state index contributed by atoms with van der Waals surface area (Å²) in [5.74, 6) is 0.880. The number of carbonyl (C=O) groups is 1. The number of aliphatic hydroxyl groups is 1. The maximum atomic E-state index is 12.4. The summed E-state index contributed by atoms with van der Waals surface area (Å²) in [6.07, 6.45) is 5.36. The van der Waals surface area contributed by atoms with Crippen LogP contribution in [0.1, 0.15) is 46.0 Å². The van der Waals surface area contributed by atoms with Gasteiger partial charge in [0.1, 0.15) is 0 Å². The second-order valence-corrected chi connectivity index (χ2v) is 6.36. The summed E-state index contributed by atoms with van der Waals surface area (Å²) in [7, 11) is 0. The Hall–Kier alpha value is -0.610. The Bertz CT molecular complexity index is 307. The molecule has 2 rings (SSSR count). The lowest BCUT2D eigenvalue weighted by atomic mass is 9.97. The first-order chi connectivity index (χ1) is 9.08. The number of aliphatic hydroxyl groups excluding tert-OH is 1. The van der Waals surface area contributed by atoms with E-state index in [0.717, 1.165) is 38.9 Å². The van der Waals surface area contributed by atoms with Crippen LogP contribution in [0, 0.1) is 5.92 Å². The molecule has 0 aliphatic carbocycles. The van der Waals surface area contributed by atoms with Gasteiger partial charge in [0.2, 0.25) is 5.91 Å². The summed E-state index contributed by atoms with van der Waals surface area (Å²) in [6.45, 7) is 7.32. The summed E-state index contributed by atoms with van der Waals surface area (Å²) in [5.41, 5.74) is 0. The third kappa shape index (κ3) is 3.93. The number of likely N-dealkylation sites (tertiary alicyclic amines) is 2. The molecular weight excluding hydrogens is 240 g/mol. The number of hydrogen-bond donors (Lipinski definition) is 1. The molecule has 0 aromatic rings. The highest BCUT2D eigenvalue weighted by molar-refractivity contribution is 5.78. The molecule has 0 bridgehead atoms. The van der Waals surface area contributed by atoms with Gasteiger partial charge in [0.15, 0.2) is 0 Å². The third-order valence-electron chi connectivity index (χ3n) is 4.57. The molecule has 4 nitrogen and oxygen atoms in total. The zero-order chi connectivity index (χ0) is 13.8. The first-order valence-corrected chi connectivity index (χ1v) is 7.78. The van der Waals surface area contributed by atoms with Gasteiger partial charge in [-0.3, -0.25) is 9.69 Å². The average Bonchev–Trinajstić information content (AvgIpc) is 2.39. The lowest BCUT2D eigenvalue weighted by Gasteiger charge is -2.39. The van der Waals surface area contributed by atoms with Crippen molar-refractivity contribution in [1.29, 1.82) is 0 Å². The maximum Gasteiger partial charge on any atom is 0.236 e. The molecule has 19 heavy (non-hydrogen) atoms. The largest absolute Gasteiger partial charge is 0.392 e. The van der Waals surface area contributed by atoms with Crippen molar-refractivity contribution in [3.05, 3.63) is 0 Å². The molecule has 1 amide bonds. The second kappa shape index (κ2) is 6.71. The first-order valence-electron chi connectivity index (χ1n) is 7.78. The van der Waals surface area contributed by atoms with Crippen molar-refractivity contribution in [2.75, 3.05) is 26.2 Å². The minimum atomic E-state index is -0.339. The van der Waals surface area contributed by atoms with E-state index < -0.39 is 0 Å². The smallest absolute Gasteiger partial charge is 0.236 e. The SMILES string of the molecule is CC1CCCN(C(=O)CN2CCCCC2C(C)O)C1. The fraction of sp³-hybridized carbons (Fsp3) is 0.933. The molecule has 1 N–H and O–H groups in total. The van der Waals surface area contributed by atoms with Crippen LogP contribution in [-0.4, -0.2) is 59.1 Å². The molecule has 2 saturated heterocycles. The lowest BCUT2D eigenvalue weighted by molar-refractivity contribution is -0.135. The van der Waals surface area contributed by atoms with Crippen LogP contribution in [0.4, 0.5) is 0 Å². The number of hydrogen-bond acceptors (Lipinski definition) is 3. The summed E-state index contributed by atoms with van der Waals surface area (Å²) < 4.78 is 0. The molecule has 4 heteroatoms. The average molecular weight is 268 g/mol. The van der Waals surface area contributed by atoms with Crippen molar-refractivity contribution >= 4 is 5.91 Å². The quantitative estimate of drug-likeness (QED) is 0.843. The van der Waals surface area contributed by atoms with Gasteiger partial charge < -0.3 is 10.0 Å². The van der Waals surface area contributed by atoms with Gasteiger partial charge in [0, 0.05) is 19.1 Å². The van der Waals surface area contributed by atoms with Crippen LogP contribution < -0.4 is 0 Å². The molecule has 0 aromatic heterocycles. The molecule has 2 aliphatic heterocycles. The summed E-state index contributed by atoms with van der Waals surface area (Å²) in [4.78, 5) is 16.6. The standard InChI is InChI=1S/C15H28N2O2/c1-12-6-5-9-17(10-12)15(19)11-16-8-4-3-7-14(16)13(2)18/h12-14,18H,3-11H2,1-2H3. The molecule has 2 heterocycles. The molecule has 0 saturated carbocycles. The van der Waals surface area contributed by atoms with Crippen molar-refractivity contribution in [3.63, 3.8) is 0 Å². The molecule has 110 valence electrons. The van der Waals surface area contributed by atoms with Crippen LogP contribution in [0.3, 0.4) is 0 Å². The van der Waals surface area contributed by atoms with Crippen LogP contribution in [0.2, 0.25) is 0 Å². The van der Waals surface area contributed by atoms with Gasteiger partial charge in [-0.15, -0.1) is 0 Å². The van der Waals surface area contributed by atoms with Gasteiger partial charge in [-0.2, -0.15) is 0 Å². The fourth-order valence-electron chi connectivity index (χ4n) is 3.45. The van der Waals surface area contributed by atoms with E-state index in [0.29, 0.717) is 12.5 Å². The predicted octanol–water partition coefficient (Wildman–Crippen LogP) is 1.48. The highest BCUT2D eigenvalue weighted by Gasteiger charge is 2.29. The number of nitrogens with zero attached hydrogens (tertiary/aromatic N) is 2. The summed E-state index contributed by atoms with van der Waals surface area (Å²) >= 11 is 0.